The van der Waals surface area contributed by atoms with Crippen LogP contribution in [-0.4, -0.2) is 0 Å². The highest BCUT2D eigenvalue weighted by atomic mass is 14.4. The van der Waals surface area contributed by atoms with Crippen LogP contribution in [0.15, 0.2) is 0 Å². The van der Waals surface area contributed by atoms with Crippen molar-refractivity contribution in [2.45, 2.75) is 61.3 Å². The van der Waals surface area contributed by atoms with Crippen molar-refractivity contribution in [2.24, 2.45) is 23.2 Å². The van der Waals surface area contributed by atoms with Gasteiger partial charge in [-0.05, 0) is 23.2 Å². The fourth-order valence-electron chi connectivity index (χ4n) is 2.11. The molecule has 0 heterocycles. The number of hydrogen-bond donors (Lipinski definition) is 0. The van der Waals surface area contributed by atoms with Gasteiger partial charge in [0.1, 0.15) is 0 Å². The molecule has 0 saturated heterocycles. The average Bonchev–Trinajstić information content (AvgIpc) is 2.14. The van der Waals surface area contributed by atoms with E-state index in [0.29, 0.717) is 5.41 Å². The van der Waals surface area contributed by atoms with Crippen LogP contribution in [-0.2, 0) is 0 Å². The first-order valence-corrected chi connectivity index (χ1v) is 5.89. The van der Waals surface area contributed by atoms with Crippen LogP contribution in [0, 0.1) is 23.2 Å². The lowest BCUT2D eigenvalue weighted by atomic mass is 9.66. The minimum absolute atomic E-state index is 0.545. The van der Waals surface area contributed by atoms with Crippen LogP contribution in [0.1, 0.15) is 61.3 Å². The minimum Gasteiger partial charge on any atom is -0.0649 e. The zero-order valence-corrected chi connectivity index (χ0v) is 10.6. The Labute approximate surface area is 85.1 Å². The van der Waals surface area contributed by atoms with Crippen LogP contribution in [0.4, 0.5) is 0 Å². The molecule has 0 N–H and O–H groups in total. The average molecular weight is 184 g/mol. The molecule has 80 valence electrons. The van der Waals surface area contributed by atoms with Gasteiger partial charge < -0.3 is 0 Å². The fourth-order valence-corrected chi connectivity index (χ4v) is 2.11. The predicted molar refractivity (Wildman–Crippen MR) is 61.9 cm³/mol. The molecule has 0 nitrogen and oxygen atoms in total. The van der Waals surface area contributed by atoms with Crippen molar-refractivity contribution in [1.82, 2.24) is 0 Å². The second kappa shape index (κ2) is 5.02. The summed E-state index contributed by atoms with van der Waals surface area (Å²) in [5, 5.41) is 0. The van der Waals surface area contributed by atoms with Gasteiger partial charge in [-0.2, -0.15) is 0 Å². The summed E-state index contributed by atoms with van der Waals surface area (Å²) in [6.45, 7) is 16.6. The molecule has 0 heteroatoms. The van der Waals surface area contributed by atoms with Crippen molar-refractivity contribution in [3.05, 3.63) is 0 Å². The zero-order valence-electron chi connectivity index (χ0n) is 10.6. The van der Waals surface area contributed by atoms with E-state index >= 15 is 0 Å². The van der Waals surface area contributed by atoms with Crippen molar-refractivity contribution in [2.75, 3.05) is 0 Å². The van der Waals surface area contributed by atoms with Gasteiger partial charge in [0, 0.05) is 0 Å². The van der Waals surface area contributed by atoms with E-state index < -0.39 is 0 Å². The molecule has 0 aliphatic carbocycles. The molecule has 2 atom stereocenters. The standard InChI is InChI=1S/C13H28/c1-8-13(7,9-2)12(6)11(5)10(3)4/h10-12H,8-9H2,1-7H3. The quantitative estimate of drug-likeness (QED) is 0.579. The normalized spacial score (nSPS) is 17.5. The Hall–Kier alpha value is 0. The second-order valence-corrected chi connectivity index (χ2v) is 5.25. The first-order chi connectivity index (χ1) is 5.89. The van der Waals surface area contributed by atoms with E-state index in [1.165, 1.54) is 12.8 Å². The lowest BCUT2D eigenvalue weighted by molar-refractivity contribution is 0.106. The van der Waals surface area contributed by atoms with Gasteiger partial charge in [-0.1, -0.05) is 61.3 Å². The molecular weight excluding hydrogens is 156 g/mol. The molecule has 0 spiro atoms. The highest BCUT2D eigenvalue weighted by Gasteiger charge is 2.32. The highest BCUT2D eigenvalue weighted by Crippen LogP contribution is 2.40. The molecule has 0 aliphatic heterocycles. The van der Waals surface area contributed by atoms with Crippen LogP contribution in [0.25, 0.3) is 0 Å². The summed E-state index contributed by atoms with van der Waals surface area (Å²) in [5.41, 5.74) is 0.545. The van der Waals surface area contributed by atoms with Crippen molar-refractivity contribution >= 4 is 0 Å². The Balaban J connectivity index is 4.45. The van der Waals surface area contributed by atoms with Gasteiger partial charge in [-0.3, -0.25) is 0 Å². The van der Waals surface area contributed by atoms with E-state index in [1.807, 2.05) is 0 Å². The summed E-state index contributed by atoms with van der Waals surface area (Å²) >= 11 is 0. The molecule has 0 radical (unpaired) electrons. The third-order valence-electron chi connectivity index (χ3n) is 4.55. The lowest BCUT2D eigenvalue weighted by Gasteiger charge is -2.39. The summed E-state index contributed by atoms with van der Waals surface area (Å²) in [7, 11) is 0. The van der Waals surface area contributed by atoms with Crippen molar-refractivity contribution < 1.29 is 0 Å². The van der Waals surface area contributed by atoms with Gasteiger partial charge in [0.2, 0.25) is 0 Å². The highest BCUT2D eigenvalue weighted by molar-refractivity contribution is 4.81. The van der Waals surface area contributed by atoms with Crippen LogP contribution < -0.4 is 0 Å². The maximum absolute atomic E-state index is 2.44. The molecule has 2 unspecified atom stereocenters. The summed E-state index contributed by atoms with van der Waals surface area (Å²) in [5.74, 6) is 2.49. The Kier molecular flexibility index (Phi) is 5.02. The third kappa shape index (κ3) is 3.00. The summed E-state index contributed by atoms with van der Waals surface area (Å²) in [6.07, 6.45) is 2.61. The number of rotatable bonds is 5. The van der Waals surface area contributed by atoms with Crippen LogP contribution >= 0.6 is 0 Å². The molecule has 0 bridgehead atoms. The maximum atomic E-state index is 2.44. The minimum atomic E-state index is 0.545. The van der Waals surface area contributed by atoms with E-state index in [1.54, 1.807) is 0 Å². The largest absolute Gasteiger partial charge is 0.0649 e. The molecule has 0 fully saturated rings. The fraction of sp³-hybridized carbons (Fsp3) is 1.00. The van der Waals surface area contributed by atoms with E-state index in [9.17, 15) is 0 Å². The van der Waals surface area contributed by atoms with E-state index in [0.717, 1.165) is 17.8 Å². The molecular formula is C13H28. The van der Waals surface area contributed by atoms with Crippen molar-refractivity contribution in [3.8, 4) is 0 Å². The summed E-state index contributed by atoms with van der Waals surface area (Å²) < 4.78 is 0. The molecule has 13 heavy (non-hydrogen) atoms. The second-order valence-electron chi connectivity index (χ2n) is 5.25. The van der Waals surface area contributed by atoms with Crippen LogP contribution in [0.3, 0.4) is 0 Å². The summed E-state index contributed by atoms with van der Waals surface area (Å²) in [6, 6.07) is 0. The zero-order chi connectivity index (χ0) is 10.6. The lowest BCUT2D eigenvalue weighted by Crippen LogP contribution is -2.31. The topological polar surface area (TPSA) is 0 Å². The third-order valence-corrected chi connectivity index (χ3v) is 4.55. The monoisotopic (exact) mass is 184 g/mol. The van der Waals surface area contributed by atoms with Gasteiger partial charge in [0.15, 0.2) is 0 Å². The number of hydrogen-bond acceptors (Lipinski definition) is 0. The molecule has 0 rings (SSSR count). The SMILES string of the molecule is CCC(C)(CC)C(C)C(C)C(C)C. The molecule has 0 aromatic rings. The van der Waals surface area contributed by atoms with Crippen molar-refractivity contribution in [3.63, 3.8) is 0 Å². The van der Waals surface area contributed by atoms with E-state index in [4.69, 9.17) is 0 Å². The smallest absolute Gasteiger partial charge is 0.0303 e. The molecule has 0 aromatic heterocycles. The first-order valence-electron chi connectivity index (χ1n) is 5.89. The Morgan fingerprint density at radius 3 is 1.54 bits per heavy atom. The van der Waals surface area contributed by atoms with Gasteiger partial charge >= 0.3 is 0 Å². The van der Waals surface area contributed by atoms with Gasteiger partial charge in [0.25, 0.3) is 0 Å². The molecule has 0 aliphatic rings. The van der Waals surface area contributed by atoms with E-state index in [2.05, 4.69) is 48.5 Å². The van der Waals surface area contributed by atoms with Crippen molar-refractivity contribution in [1.29, 1.82) is 0 Å². The first kappa shape index (κ1) is 13.0. The van der Waals surface area contributed by atoms with Crippen LogP contribution in [0.2, 0.25) is 0 Å². The Bertz CT molecular complexity index is 131. The molecule has 0 aromatic carbocycles. The molecule has 0 saturated carbocycles. The van der Waals surface area contributed by atoms with Gasteiger partial charge in [0.05, 0.1) is 0 Å². The van der Waals surface area contributed by atoms with Gasteiger partial charge in [-0.25, -0.2) is 0 Å². The Morgan fingerprint density at radius 2 is 1.31 bits per heavy atom. The summed E-state index contributed by atoms with van der Waals surface area (Å²) in [4.78, 5) is 0. The van der Waals surface area contributed by atoms with E-state index in [-0.39, 0.29) is 0 Å². The van der Waals surface area contributed by atoms with Crippen LogP contribution in [0.5, 0.6) is 0 Å². The van der Waals surface area contributed by atoms with Gasteiger partial charge in [-0.15, -0.1) is 0 Å². The Morgan fingerprint density at radius 1 is 0.923 bits per heavy atom. The molecule has 0 amide bonds. The predicted octanol–water partition coefficient (Wildman–Crippen LogP) is 4.74. The maximum Gasteiger partial charge on any atom is -0.0303 e.